The van der Waals surface area contributed by atoms with Gasteiger partial charge in [0.05, 0.1) is 44.1 Å². The van der Waals surface area contributed by atoms with Crippen LogP contribution in [-0.2, 0) is 138 Å². The van der Waals surface area contributed by atoms with Gasteiger partial charge in [-0.25, -0.2) is 118 Å². The number of rotatable bonds is 15. The van der Waals surface area contributed by atoms with Crippen LogP contribution in [0.5, 0.6) is 23.0 Å². The van der Waals surface area contributed by atoms with Gasteiger partial charge in [0.1, 0.15) is 72.2 Å². The first kappa shape index (κ1) is 122. The van der Waals surface area contributed by atoms with Crippen molar-refractivity contribution in [2.24, 2.45) is 0 Å². The highest BCUT2D eigenvalue weighted by atomic mass is 32.2. The van der Waals surface area contributed by atoms with Crippen molar-refractivity contribution in [2.45, 2.75) is 51.5 Å². The molecule has 0 heterocycles. The molecule has 30 nitrogen and oxygen atoms in total. The number of hydrogen-bond donors (Lipinski definition) is 0. The van der Waals surface area contributed by atoms with Gasteiger partial charge < -0.3 is 9.47 Å². The Labute approximate surface area is 770 Å². The molecule has 0 radical (unpaired) electrons. The molecule has 0 aliphatic carbocycles. The molecule has 0 saturated carbocycles. The van der Waals surface area contributed by atoms with Crippen molar-refractivity contribution in [3.8, 4) is 45.3 Å². The maximum atomic E-state index is 11.4. The monoisotopic (exact) mass is 2070 g/mol. The molecule has 0 atom stereocenters. The smallest absolute Gasteiger partial charge is 0.175 e. The molecule has 0 fully saturated rings. The second-order valence-corrected chi connectivity index (χ2v) is 58.0. The van der Waals surface area contributed by atoms with Gasteiger partial charge in [0.25, 0.3) is 0 Å². The van der Waals surface area contributed by atoms with Gasteiger partial charge in [0.2, 0.25) is 0 Å². The van der Waals surface area contributed by atoms with E-state index in [0.717, 1.165) is 141 Å². The van der Waals surface area contributed by atoms with Crippen LogP contribution >= 0.6 is 0 Å². The van der Waals surface area contributed by atoms with E-state index in [9.17, 15) is 118 Å². The first-order chi connectivity index (χ1) is 58.3. The molecule has 0 aliphatic rings. The van der Waals surface area contributed by atoms with E-state index in [4.69, 9.17) is 9.47 Å². The first-order valence-electron chi connectivity index (χ1n) is 36.1. The molecule has 718 valence electrons. The lowest BCUT2D eigenvalue weighted by atomic mass is 10.1. The van der Waals surface area contributed by atoms with Crippen LogP contribution in [0.2, 0.25) is 0 Å². The van der Waals surface area contributed by atoms with Gasteiger partial charge in [-0.05, 0) is 174 Å². The van der Waals surface area contributed by atoms with E-state index >= 15 is 0 Å². The van der Waals surface area contributed by atoms with Gasteiger partial charge in [-0.3, -0.25) is 0 Å². The van der Waals surface area contributed by atoms with E-state index in [1.807, 2.05) is 72.8 Å². The molecular weight excluding hydrogens is 1960 g/mol. The fourth-order valence-corrected chi connectivity index (χ4v) is 14.2. The minimum Gasteiger partial charge on any atom is -0.457 e. The van der Waals surface area contributed by atoms with Gasteiger partial charge in [0.15, 0.2) is 88.5 Å². The molecular formula is C86H110O30S14. The molecule has 0 spiro atoms. The molecule has 44 heteroatoms. The molecule has 130 heavy (non-hydrogen) atoms. The second kappa shape index (κ2) is 53.7. The van der Waals surface area contributed by atoms with Gasteiger partial charge in [-0.15, -0.1) is 0 Å². The standard InChI is InChI=1S/C14H14O5S2.C14H14O4S2.C12H10O.C12H10.2C8H10O4S2.C7H8O2S.5C2H6O2S.CH4/c1-20(15,16)13-7-3-11(4-8-13)19-12-5-9-14(10-6-12)21(2,17)18;1-19(15,16)13-7-3-11(4-8-13)12-5-9-14(10-6-12)20(2,17)18;1-3-7-11(8-4-1)13-12-9-5-2-6-10-12;1-3-7-11(8-4-1)12-9-5-2-6-10-12;1-13(9,10)7-3-5-8(6-4-7)14(2,11)12;1-13(9,10)7-4-3-5-8(6-7)14(2,11)12;1-10(8,9)7-5-3-2-4-6-7;5*1-5(2,3)4;/h3-10H,1-2H3;3-10H,1-2H3;1-10H;1-10H;2*3-6H,1-2H3;2-6H,1H3;5*1-2H3;1H4. The fourth-order valence-electron chi connectivity index (χ4n) is 8.35. The van der Waals surface area contributed by atoms with Crippen molar-refractivity contribution in [1.82, 2.24) is 0 Å². The Kier molecular flexibility index (Phi) is 50.6. The first-order valence-corrected chi connectivity index (χ1v) is 64.6. The Bertz CT molecular complexity index is 6590. The lowest BCUT2D eigenvalue weighted by Crippen LogP contribution is -2.01. The highest BCUT2D eigenvalue weighted by Crippen LogP contribution is 2.27. The van der Waals surface area contributed by atoms with E-state index in [1.165, 1.54) is 108 Å². The van der Waals surface area contributed by atoms with Gasteiger partial charge in [0, 0.05) is 119 Å². The molecule has 11 aromatic carbocycles. The van der Waals surface area contributed by atoms with Crippen LogP contribution in [0.3, 0.4) is 0 Å². The quantitative estimate of drug-likeness (QED) is 0.0919. The zero-order valence-corrected chi connectivity index (χ0v) is 85.2. The molecule has 0 saturated heterocycles. The normalized spacial score (nSPS) is 11.5. The number of ether oxygens (including phenoxy) is 2. The molecule has 11 aromatic rings. The summed E-state index contributed by atoms with van der Waals surface area (Å²) in [6.45, 7) is 0. The van der Waals surface area contributed by atoms with E-state index < -0.39 is 138 Å². The zero-order valence-electron chi connectivity index (χ0n) is 73.8. The minimum absolute atomic E-state index is 0. The van der Waals surface area contributed by atoms with E-state index in [2.05, 4.69) is 48.5 Å². The minimum atomic E-state index is -3.35. The third-order valence-corrected chi connectivity index (χ3v) is 23.9. The molecule has 0 aromatic heterocycles. The topological polar surface area (TPSA) is 496 Å². The van der Waals surface area contributed by atoms with E-state index in [1.54, 1.807) is 78.9 Å². The summed E-state index contributed by atoms with van der Waals surface area (Å²) in [5.74, 6) is 2.67. The Balaban J connectivity index is 0. The Hall–Kier alpha value is -9.68. The summed E-state index contributed by atoms with van der Waals surface area (Å²) in [4.78, 5) is 1.57. The Morgan fingerprint density at radius 1 is 0.138 bits per heavy atom. The summed E-state index contributed by atoms with van der Waals surface area (Å²) in [6.07, 6.45) is 21.6. The van der Waals surface area contributed by atoms with Gasteiger partial charge in [-0.1, -0.05) is 153 Å². The maximum absolute atomic E-state index is 11.4. The van der Waals surface area contributed by atoms with Gasteiger partial charge >= 0.3 is 0 Å². The van der Waals surface area contributed by atoms with Crippen LogP contribution < -0.4 is 9.47 Å². The third kappa shape index (κ3) is 63.4. The van der Waals surface area contributed by atoms with Crippen LogP contribution in [0.25, 0.3) is 22.3 Å². The molecule has 0 unspecified atom stereocenters. The van der Waals surface area contributed by atoms with Crippen LogP contribution in [0.15, 0.2) is 341 Å². The summed E-state index contributed by atoms with van der Waals surface area (Å²) in [6, 6.07) is 84.0. The average Bonchev–Trinajstić information content (AvgIpc) is 0.833. The van der Waals surface area contributed by atoms with Crippen molar-refractivity contribution in [3.05, 3.63) is 297 Å². The van der Waals surface area contributed by atoms with Crippen molar-refractivity contribution in [1.29, 1.82) is 0 Å². The van der Waals surface area contributed by atoms with E-state index in [-0.39, 0.29) is 46.6 Å². The molecule has 0 bridgehead atoms. The summed E-state index contributed by atoms with van der Waals surface area (Å²) in [7, 11) is -42.4. The van der Waals surface area contributed by atoms with Crippen molar-refractivity contribution < 1.29 is 127 Å². The maximum Gasteiger partial charge on any atom is 0.175 e. The Morgan fingerprint density at radius 3 is 0.431 bits per heavy atom. The van der Waals surface area contributed by atoms with E-state index in [0.29, 0.717) is 16.4 Å². The summed E-state index contributed by atoms with van der Waals surface area (Å²) >= 11 is 0. The molecule has 0 aliphatic heterocycles. The molecule has 0 N–H and O–H groups in total. The number of sulfone groups is 14. The number of para-hydroxylation sites is 2. The Morgan fingerprint density at radius 2 is 0.262 bits per heavy atom. The predicted molar refractivity (Wildman–Crippen MR) is 518 cm³/mol. The fraction of sp³-hybridized carbons (Fsp3) is 0.233. The summed E-state index contributed by atoms with van der Waals surface area (Å²) in [5.41, 5.74) is 4.21. The summed E-state index contributed by atoms with van der Waals surface area (Å²) in [5, 5.41) is 0. The largest absolute Gasteiger partial charge is 0.457 e. The van der Waals surface area contributed by atoms with Crippen LogP contribution in [0, 0.1) is 0 Å². The van der Waals surface area contributed by atoms with Crippen LogP contribution in [0.1, 0.15) is 7.43 Å². The average molecular weight is 2070 g/mol. The van der Waals surface area contributed by atoms with Crippen molar-refractivity contribution in [2.75, 3.05) is 119 Å². The lowest BCUT2D eigenvalue weighted by molar-refractivity contribution is 0.481. The summed E-state index contributed by atoms with van der Waals surface area (Å²) < 4.78 is 309. The predicted octanol–water partition coefficient (Wildman–Crippen LogP) is 12.3. The van der Waals surface area contributed by atoms with Gasteiger partial charge in [-0.2, -0.15) is 0 Å². The molecule has 11 rings (SSSR count). The lowest BCUT2D eigenvalue weighted by Gasteiger charge is -2.07. The number of benzene rings is 11. The highest BCUT2D eigenvalue weighted by Gasteiger charge is 2.16. The van der Waals surface area contributed by atoms with Crippen molar-refractivity contribution in [3.63, 3.8) is 0 Å². The van der Waals surface area contributed by atoms with Crippen LogP contribution in [-0.4, -0.2) is 237 Å². The second-order valence-electron chi connectivity index (χ2n) is 28.5. The highest BCUT2D eigenvalue weighted by molar-refractivity contribution is 7.94. The SMILES string of the molecule is C.CS(=O)(=O)c1ccc(-c2ccc(S(C)(=O)=O)cc2)cc1.CS(=O)(=O)c1ccc(Oc2ccc(S(C)(=O)=O)cc2)cc1.CS(=O)(=O)c1ccc(S(C)(=O)=O)cc1.CS(=O)(=O)c1cccc(S(C)(=O)=O)c1.CS(=O)(=O)c1ccccc1.CS(C)(=O)=O.CS(C)(=O)=O.CS(C)(=O)=O.CS(C)(=O)=O.CS(C)(=O)=O.c1ccc(-c2ccccc2)cc1.c1ccc(Oc2ccccc2)cc1. The zero-order chi connectivity index (χ0) is 99.9. The van der Waals surface area contributed by atoms with Crippen LogP contribution in [0.4, 0.5) is 0 Å². The number of hydrogen-bond acceptors (Lipinski definition) is 30. The molecule has 0 amide bonds. The third-order valence-electron chi connectivity index (χ3n) is 13.8. The van der Waals surface area contributed by atoms with Crippen molar-refractivity contribution >= 4 is 138 Å².